The van der Waals surface area contributed by atoms with E-state index in [1.54, 1.807) is 12.1 Å². The van der Waals surface area contributed by atoms with Crippen molar-refractivity contribution in [1.29, 1.82) is 0 Å². The summed E-state index contributed by atoms with van der Waals surface area (Å²) in [6.07, 6.45) is 0. The van der Waals surface area contributed by atoms with Crippen LogP contribution in [-0.2, 0) is 0 Å². The second kappa shape index (κ2) is 6.10. The van der Waals surface area contributed by atoms with Gasteiger partial charge < -0.3 is 0 Å². The number of hydrazine groups is 1. The van der Waals surface area contributed by atoms with E-state index in [9.17, 15) is 4.39 Å². The zero-order valence-electron chi connectivity index (χ0n) is 9.33. The van der Waals surface area contributed by atoms with Gasteiger partial charge in [-0.1, -0.05) is 34.1 Å². The maximum absolute atomic E-state index is 13.9. The van der Waals surface area contributed by atoms with Crippen LogP contribution in [0.2, 0.25) is 0 Å². The largest absolute Gasteiger partial charge is 0.271 e. The molecular formula is C13H11BrFIN2. The van der Waals surface area contributed by atoms with Gasteiger partial charge in [0.1, 0.15) is 5.82 Å². The van der Waals surface area contributed by atoms with E-state index in [1.807, 2.05) is 24.3 Å². The van der Waals surface area contributed by atoms with Gasteiger partial charge in [0.15, 0.2) is 0 Å². The summed E-state index contributed by atoms with van der Waals surface area (Å²) < 4.78 is 15.8. The van der Waals surface area contributed by atoms with Crippen LogP contribution in [0, 0.1) is 9.39 Å². The van der Waals surface area contributed by atoms with Crippen molar-refractivity contribution in [2.75, 3.05) is 0 Å². The van der Waals surface area contributed by atoms with E-state index in [1.165, 1.54) is 6.07 Å². The molecule has 2 aromatic carbocycles. The van der Waals surface area contributed by atoms with Gasteiger partial charge in [0.05, 0.1) is 6.04 Å². The van der Waals surface area contributed by atoms with Crippen LogP contribution in [-0.4, -0.2) is 0 Å². The van der Waals surface area contributed by atoms with Crippen LogP contribution < -0.4 is 11.3 Å². The van der Waals surface area contributed by atoms with E-state index >= 15 is 0 Å². The number of halogens is 3. The van der Waals surface area contributed by atoms with E-state index in [2.05, 4.69) is 43.9 Å². The number of nitrogens with one attached hydrogen (secondary N) is 1. The number of rotatable bonds is 3. The lowest BCUT2D eigenvalue weighted by Gasteiger charge is -2.19. The van der Waals surface area contributed by atoms with Gasteiger partial charge in [0.2, 0.25) is 0 Å². The van der Waals surface area contributed by atoms with Crippen LogP contribution >= 0.6 is 38.5 Å². The SMILES string of the molecule is NNC(c1cc(Br)ccc1F)c1ccccc1I. The molecule has 3 N–H and O–H groups in total. The molecule has 2 nitrogen and oxygen atoms in total. The van der Waals surface area contributed by atoms with Crippen molar-refractivity contribution in [3.8, 4) is 0 Å². The number of benzene rings is 2. The highest BCUT2D eigenvalue weighted by Crippen LogP contribution is 2.29. The molecule has 0 aliphatic rings. The highest BCUT2D eigenvalue weighted by Gasteiger charge is 2.18. The molecule has 2 rings (SSSR count). The van der Waals surface area contributed by atoms with Crippen molar-refractivity contribution >= 4 is 38.5 Å². The summed E-state index contributed by atoms with van der Waals surface area (Å²) in [7, 11) is 0. The minimum absolute atomic E-state index is 0.277. The summed E-state index contributed by atoms with van der Waals surface area (Å²) >= 11 is 5.56. The molecule has 18 heavy (non-hydrogen) atoms. The molecule has 0 aliphatic carbocycles. The van der Waals surface area contributed by atoms with Crippen molar-refractivity contribution in [2.24, 2.45) is 5.84 Å². The van der Waals surface area contributed by atoms with Gasteiger partial charge in [-0.3, -0.25) is 5.84 Å². The monoisotopic (exact) mass is 420 g/mol. The lowest BCUT2D eigenvalue weighted by Crippen LogP contribution is -2.30. The molecule has 0 heterocycles. The molecule has 0 saturated heterocycles. The highest BCUT2D eigenvalue weighted by molar-refractivity contribution is 14.1. The summed E-state index contributed by atoms with van der Waals surface area (Å²) in [5, 5.41) is 0. The minimum Gasteiger partial charge on any atom is -0.271 e. The molecule has 0 fully saturated rings. The summed E-state index contributed by atoms with van der Waals surface area (Å²) in [5.41, 5.74) is 4.16. The fourth-order valence-electron chi connectivity index (χ4n) is 1.79. The second-order valence-electron chi connectivity index (χ2n) is 3.79. The van der Waals surface area contributed by atoms with Crippen molar-refractivity contribution in [1.82, 2.24) is 5.43 Å². The molecule has 1 atom stereocenters. The Hall–Kier alpha value is -0.500. The van der Waals surface area contributed by atoms with E-state index in [-0.39, 0.29) is 11.9 Å². The molecule has 0 saturated carbocycles. The summed E-state index contributed by atoms with van der Waals surface area (Å²) in [6.45, 7) is 0. The number of nitrogens with two attached hydrogens (primary N) is 1. The minimum atomic E-state index is -0.365. The molecule has 5 heteroatoms. The fourth-order valence-corrected chi connectivity index (χ4v) is 2.87. The normalized spacial score (nSPS) is 12.4. The van der Waals surface area contributed by atoms with E-state index in [0.29, 0.717) is 5.56 Å². The first kappa shape index (κ1) is 13.9. The lowest BCUT2D eigenvalue weighted by atomic mass is 9.99. The Morgan fingerprint density at radius 1 is 1.17 bits per heavy atom. The van der Waals surface area contributed by atoms with Gasteiger partial charge in [0, 0.05) is 13.6 Å². The molecule has 0 aromatic heterocycles. The van der Waals surface area contributed by atoms with Gasteiger partial charge >= 0.3 is 0 Å². The quantitative estimate of drug-likeness (QED) is 0.451. The molecule has 0 spiro atoms. The Morgan fingerprint density at radius 3 is 2.56 bits per heavy atom. The Bertz CT molecular complexity index is 562. The maximum Gasteiger partial charge on any atom is 0.128 e. The van der Waals surface area contributed by atoms with E-state index in [0.717, 1.165) is 13.6 Å². The predicted molar refractivity (Wildman–Crippen MR) is 82.4 cm³/mol. The van der Waals surface area contributed by atoms with Crippen LogP contribution in [0.25, 0.3) is 0 Å². The molecule has 94 valence electrons. The van der Waals surface area contributed by atoms with Gasteiger partial charge in [-0.25, -0.2) is 9.82 Å². The van der Waals surface area contributed by atoms with Crippen LogP contribution in [0.15, 0.2) is 46.9 Å². The third kappa shape index (κ3) is 2.90. The average Bonchev–Trinajstić information content (AvgIpc) is 2.36. The topological polar surface area (TPSA) is 38.0 Å². The maximum atomic E-state index is 13.9. The summed E-state index contributed by atoms with van der Waals surface area (Å²) in [6, 6.07) is 12.2. The highest BCUT2D eigenvalue weighted by atomic mass is 127. The zero-order chi connectivity index (χ0) is 13.1. The second-order valence-corrected chi connectivity index (χ2v) is 5.86. The van der Waals surface area contributed by atoms with Crippen LogP contribution in [0.4, 0.5) is 4.39 Å². The summed E-state index contributed by atoms with van der Waals surface area (Å²) in [4.78, 5) is 0. The third-order valence-electron chi connectivity index (χ3n) is 2.65. The Morgan fingerprint density at radius 2 is 1.89 bits per heavy atom. The van der Waals surface area contributed by atoms with E-state index < -0.39 is 0 Å². The van der Waals surface area contributed by atoms with E-state index in [4.69, 9.17) is 5.84 Å². The van der Waals surface area contributed by atoms with Crippen LogP contribution in [0.5, 0.6) is 0 Å². The average molecular weight is 421 g/mol. The number of hydrogen-bond acceptors (Lipinski definition) is 2. The van der Waals surface area contributed by atoms with Gasteiger partial charge in [0.25, 0.3) is 0 Å². The lowest BCUT2D eigenvalue weighted by molar-refractivity contribution is 0.558. The van der Waals surface area contributed by atoms with Crippen molar-refractivity contribution < 1.29 is 4.39 Å². The Kier molecular flexibility index (Phi) is 4.71. The van der Waals surface area contributed by atoms with Gasteiger partial charge in [-0.2, -0.15) is 0 Å². The first-order valence-corrected chi connectivity index (χ1v) is 7.16. The molecule has 0 aliphatic heterocycles. The van der Waals surface area contributed by atoms with Gasteiger partial charge in [-0.05, 0) is 52.4 Å². The molecular weight excluding hydrogens is 410 g/mol. The first-order valence-electron chi connectivity index (χ1n) is 5.29. The van der Waals surface area contributed by atoms with Crippen molar-refractivity contribution in [3.05, 3.63) is 67.5 Å². The standard InChI is InChI=1S/C13H11BrFIN2/c14-8-5-6-11(15)10(7-8)13(18-17)9-3-1-2-4-12(9)16/h1-7,13,18H,17H2. The number of hydrogen-bond donors (Lipinski definition) is 2. The predicted octanol–water partition coefficient (Wildman–Crippen LogP) is 3.75. The molecule has 0 radical (unpaired) electrons. The van der Waals surface area contributed by atoms with Crippen molar-refractivity contribution in [3.63, 3.8) is 0 Å². The van der Waals surface area contributed by atoms with Crippen LogP contribution in [0.1, 0.15) is 17.2 Å². The molecule has 1 unspecified atom stereocenters. The summed E-state index contributed by atoms with van der Waals surface area (Å²) in [5.74, 6) is 5.31. The molecule has 0 bridgehead atoms. The van der Waals surface area contributed by atoms with Crippen LogP contribution in [0.3, 0.4) is 0 Å². The first-order chi connectivity index (χ1) is 8.63. The van der Waals surface area contributed by atoms with Crippen molar-refractivity contribution in [2.45, 2.75) is 6.04 Å². The third-order valence-corrected chi connectivity index (χ3v) is 4.13. The smallest absolute Gasteiger partial charge is 0.128 e. The fraction of sp³-hybridized carbons (Fsp3) is 0.0769. The van der Waals surface area contributed by atoms with Gasteiger partial charge in [-0.15, -0.1) is 0 Å². The zero-order valence-corrected chi connectivity index (χ0v) is 13.1. The Balaban J connectivity index is 2.52. The molecule has 0 amide bonds. The Labute approximate surface area is 127 Å². The molecule has 2 aromatic rings.